The molecule has 20 heavy (non-hydrogen) atoms. The molecular formula is C15H14N4O. The summed E-state index contributed by atoms with van der Waals surface area (Å²) in [5.41, 5.74) is 1.81. The number of amides is 1. The summed E-state index contributed by atoms with van der Waals surface area (Å²) in [6, 6.07) is 8.91. The summed E-state index contributed by atoms with van der Waals surface area (Å²) in [6.07, 6.45) is 4.81. The molecule has 5 heteroatoms. The zero-order chi connectivity index (χ0) is 14.4. The third-order valence-corrected chi connectivity index (χ3v) is 2.90. The first-order valence-corrected chi connectivity index (χ1v) is 6.29. The van der Waals surface area contributed by atoms with E-state index in [1.54, 1.807) is 29.4 Å². The molecule has 0 aliphatic rings. The van der Waals surface area contributed by atoms with Crippen molar-refractivity contribution in [2.24, 2.45) is 0 Å². The van der Waals surface area contributed by atoms with Gasteiger partial charge in [0.25, 0.3) is 5.91 Å². The lowest BCUT2D eigenvalue weighted by atomic mass is 10.2. The maximum absolute atomic E-state index is 12.3. The lowest BCUT2D eigenvalue weighted by Crippen LogP contribution is -2.30. The van der Waals surface area contributed by atoms with Crippen molar-refractivity contribution in [1.29, 1.82) is 5.26 Å². The van der Waals surface area contributed by atoms with Crippen LogP contribution in [0.1, 0.15) is 28.5 Å². The van der Waals surface area contributed by atoms with E-state index in [1.165, 1.54) is 6.20 Å². The standard InChI is InChI=1S/C15H14N4O/c1-2-19(11-12-5-7-17-8-6-12)15(20)14-4-3-13(9-16)10-18-14/h3-8,10H,2,11H2,1H3. The maximum Gasteiger partial charge on any atom is 0.272 e. The van der Waals surface area contributed by atoms with Crippen LogP contribution in [0.3, 0.4) is 0 Å². The Morgan fingerprint density at radius 3 is 2.60 bits per heavy atom. The number of pyridine rings is 2. The normalized spacial score (nSPS) is 9.80. The van der Waals surface area contributed by atoms with Gasteiger partial charge in [-0.1, -0.05) is 0 Å². The van der Waals surface area contributed by atoms with Crippen LogP contribution in [-0.4, -0.2) is 27.3 Å². The summed E-state index contributed by atoms with van der Waals surface area (Å²) >= 11 is 0. The molecule has 0 saturated heterocycles. The van der Waals surface area contributed by atoms with E-state index in [-0.39, 0.29) is 5.91 Å². The molecule has 0 aromatic carbocycles. The van der Waals surface area contributed by atoms with Gasteiger partial charge in [-0.25, -0.2) is 4.98 Å². The molecular weight excluding hydrogens is 252 g/mol. The zero-order valence-electron chi connectivity index (χ0n) is 11.2. The van der Waals surface area contributed by atoms with Gasteiger partial charge < -0.3 is 4.90 Å². The third-order valence-electron chi connectivity index (χ3n) is 2.90. The van der Waals surface area contributed by atoms with Crippen molar-refractivity contribution in [1.82, 2.24) is 14.9 Å². The molecule has 100 valence electrons. The summed E-state index contributed by atoms with van der Waals surface area (Å²) < 4.78 is 0. The van der Waals surface area contributed by atoms with Gasteiger partial charge in [-0.05, 0) is 36.8 Å². The Hall–Kier alpha value is -2.74. The molecule has 2 rings (SSSR count). The van der Waals surface area contributed by atoms with Gasteiger partial charge in [0.15, 0.2) is 0 Å². The van der Waals surface area contributed by atoms with Gasteiger partial charge in [0, 0.05) is 31.7 Å². The number of carbonyl (C=O) groups is 1. The van der Waals surface area contributed by atoms with Crippen molar-refractivity contribution in [3.05, 3.63) is 59.7 Å². The Bertz CT molecular complexity index is 617. The number of nitriles is 1. The van der Waals surface area contributed by atoms with Crippen LogP contribution in [0.5, 0.6) is 0 Å². The SMILES string of the molecule is CCN(Cc1ccncc1)C(=O)c1ccc(C#N)cn1. The van der Waals surface area contributed by atoms with Gasteiger partial charge in [0.1, 0.15) is 11.8 Å². The molecule has 2 heterocycles. The van der Waals surface area contributed by atoms with Crippen LogP contribution in [0.2, 0.25) is 0 Å². The van der Waals surface area contributed by atoms with E-state index in [2.05, 4.69) is 9.97 Å². The van der Waals surface area contributed by atoms with Gasteiger partial charge in [0.05, 0.1) is 5.56 Å². The lowest BCUT2D eigenvalue weighted by Gasteiger charge is -2.20. The summed E-state index contributed by atoms with van der Waals surface area (Å²) in [5.74, 6) is -0.145. The van der Waals surface area contributed by atoms with Crippen molar-refractivity contribution < 1.29 is 4.79 Å². The predicted octanol–water partition coefficient (Wildman–Crippen LogP) is 2.01. The third kappa shape index (κ3) is 3.18. The molecule has 1 amide bonds. The number of hydrogen-bond donors (Lipinski definition) is 0. The topological polar surface area (TPSA) is 69.9 Å². The second-order valence-electron chi connectivity index (χ2n) is 4.22. The second kappa shape index (κ2) is 6.43. The number of carbonyl (C=O) groups excluding carboxylic acids is 1. The summed E-state index contributed by atoms with van der Waals surface area (Å²) in [4.78, 5) is 22.0. The van der Waals surface area contributed by atoms with Crippen molar-refractivity contribution >= 4 is 5.91 Å². The molecule has 0 radical (unpaired) electrons. The highest BCUT2D eigenvalue weighted by Crippen LogP contribution is 2.08. The largest absolute Gasteiger partial charge is 0.333 e. The molecule has 0 unspecified atom stereocenters. The first-order valence-electron chi connectivity index (χ1n) is 6.29. The van der Waals surface area contributed by atoms with Gasteiger partial charge in [-0.3, -0.25) is 9.78 Å². The zero-order valence-corrected chi connectivity index (χ0v) is 11.2. The molecule has 2 aromatic rings. The molecule has 0 N–H and O–H groups in total. The molecule has 5 nitrogen and oxygen atoms in total. The van der Waals surface area contributed by atoms with E-state index >= 15 is 0 Å². The number of aromatic nitrogens is 2. The molecule has 0 spiro atoms. The van der Waals surface area contributed by atoms with Crippen LogP contribution in [0.25, 0.3) is 0 Å². The Kier molecular flexibility index (Phi) is 4.40. The van der Waals surface area contributed by atoms with Gasteiger partial charge in [0.2, 0.25) is 0 Å². The van der Waals surface area contributed by atoms with E-state index in [9.17, 15) is 4.79 Å². The predicted molar refractivity (Wildman–Crippen MR) is 73.6 cm³/mol. The average Bonchev–Trinajstić information content (AvgIpc) is 2.53. The smallest absolute Gasteiger partial charge is 0.272 e. The first-order chi connectivity index (χ1) is 9.74. The van der Waals surface area contributed by atoms with Crippen LogP contribution in [0.15, 0.2) is 42.9 Å². The minimum absolute atomic E-state index is 0.145. The van der Waals surface area contributed by atoms with E-state index in [0.717, 1.165) is 5.56 Å². The molecule has 0 saturated carbocycles. The monoisotopic (exact) mass is 266 g/mol. The highest BCUT2D eigenvalue weighted by molar-refractivity contribution is 5.92. The van der Waals surface area contributed by atoms with Crippen LogP contribution in [0.4, 0.5) is 0 Å². The highest BCUT2D eigenvalue weighted by atomic mass is 16.2. The van der Waals surface area contributed by atoms with Crippen molar-refractivity contribution in [3.8, 4) is 6.07 Å². The Balaban J connectivity index is 2.14. The fraction of sp³-hybridized carbons (Fsp3) is 0.200. The van der Waals surface area contributed by atoms with Crippen molar-refractivity contribution in [3.63, 3.8) is 0 Å². The fourth-order valence-electron chi connectivity index (χ4n) is 1.78. The van der Waals surface area contributed by atoms with Crippen LogP contribution < -0.4 is 0 Å². The quantitative estimate of drug-likeness (QED) is 0.848. The average molecular weight is 266 g/mol. The summed E-state index contributed by atoms with van der Waals surface area (Å²) in [6.45, 7) is 3.02. The molecule has 2 aromatic heterocycles. The van der Waals surface area contributed by atoms with Crippen LogP contribution in [0, 0.1) is 11.3 Å². The Morgan fingerprint density at radius 1 is 1.30 bits per heavy atom. The number of hydrogen-bond acceptors (Lipinski definition) is 4. The van der Waals surface area contributed by atoms with Gasteiger partial charge >= 0.3 is 0 Å². The lowest BCUT2D eigenvalue weighted by molar-refractivity contribution is 0.0746. The highest BCUT2D eigenvalue weighted by Gasteiger charge is 2.15. The van der Waals surface area contributed by atoms with Crippen molar-refractivity contribution in [2.45, 2.75) is 13.5 Å². The Labute approximate surface area is 117 Å². The van der Waals surface area contributed by atoms with E-state index in [4.69, 9.17) is 5.26 Å². The van der Waals surface area contributed by atoms with Crippen LogP contribution >= 0.6 is 0 Å². The number of nitrogens with zero attached hydrogens (tertiary/aromatic N) is 4. The van der Waals surface area contributed by atoms with E-state index < -0.39 is 0 Å². The van der Waals surface area contributed by atoms with E-state index in [1.807, 2.05) is 25.1 Å². The molecule has 0 aliphatic heterocycles. The number of rotatable bonds is 4. The summed E-state index contributed by atoms with van der Waals surface area (Å²) in [7, 11) is 0. The molecule has 0 fully saturated rings. The maximum atomic E-state index is 12.3. The van der Waals surface area contributed by atoms with Crippen LogP contribution in [-0.2, 0) is 6.54 Å². The van der Waals surface area contributed by atoms with Gasteiger partial charge in [-0.15, -0.1) is 0 Å². The Morgan fingerprint density at radius 2 is 2.05 bits per heavy atom. The van der Waals surface area contributed by atoms with Gasteiger partial charge in [-0.2, -0.15) is 5.26 Å². The summed E-state index contributed by atoms with van der Waals surface area (Å²) in [5, 5.41) is 8.73. The molecule has 0 bridgehead atoms. The minimum atomic E-state index is -0.145. The van der Waals surface area contributed by atoms with E-state index in [0.29, 0.717) is 24.3 Å². The minimum Gasteiger partial charge on any atom is -0.333 e. The molecule has 0 aliphatic carbocycles. The van der Waals surface area contributed by atoms with Crippen molar-refractivity contribution in [2.75, 3.05) is 6.54 Å². The molecule has 0 atom stereocenters. The first kappa shape index (κ1) is 13.7. The second-order valence-corrected chi connectivity index (χ2v) is 4.22. The fourth-order valence-corrected chi connectivity index (χ4v) is 1.78.